The molecule has 2 rings (SSSR count). The smallest absolute Gasteiger partial charge is 0.303 e. The van der Waals surface area contributed by atoms with Crippen molar-refractivity contribution in [2.24, 2.45) is 0 Å². The molecule has 1 aliphatic rings. The predicted octanol–water partition coefficient (Wildman–Crippen LogP) is 3.08. The maximum atomic E-state index is 11.9. The van der Waals surface area contributed by atoms with Gasteiger partial charge in [-0.25, -0.2) is 0 Å². The minimum atomic E-state index is -1.08. The third-order valence-electron chi connectivity index (χ3n) is 3.83. The summed E-state index contributed by atoms with van der Waals surface area (Å²) in [6.07, 6.45) is 1.07. The van der Waals surface area contributed by atoms with E-state index >= 15 is 0 Å². The van der Waals surface area contributed by atoms with Gasteiger partial charge in [0.2, 0.25) is 0 Å². The van der Waals surface area contributed by atoms with E-state index in [0.717, 1.165) is 6.42 Å². The van der Waals surface area contributed by atoms with E-state index in [0.29, 0.717) is 5.56 Å². The topological polar surface area (TPSA) is 54.4 Å². The number of ketones is 1. The number of hydrogen-bond acceptors (Lipinski definition) is 2. The Morgan fingerprint density at radius 1 is 1.21 bits per heavy atom. The summed E-state index contributed by atoms with van der Waals surface area (Å²) in [6.45, 7) is 4.81. The number of carbonyl (C=O) groups is 2. The highest BCUT2D eigenvalue weighted by Crippen LogP contribution is 2.29. The van der Waals surface area contributed by atoms with Crippen molar-refractivity contribution in [3.8, 4) is 0 Å². The summed E-state index contributed by atoms with van der Waals surface area (Å²) < 4.78 is 0. The van der Waals surface area contributed by atoms with Crippen molar-refractivity contribution in [3.63, 3.8) is 0 Å². The van der Waals surface area contributed by atoms with Crippen LogP contribution in [0, 0.1) is 0 Å². The molecule has 1 aromatic rings. The van der Waals surface area contributed by atoms with Crippen molar-refractivity contribution in [3.05, 3.63) is 34.9 Å². The quantitative estimate of drug-likeness (QED) is 0.679. The third kappa shape index (κ3) is 3.53. The number of benzene rings is 1. The maximum Gasteiger partial charge on any atom is 0.303 e. The van der Waals surface area contributed by atoms with E-state index in [9.17, 15) is 9.59 Å². The lowest BCUT2D eigenvalue weighted by Gasteiger charge is -2.29. The monoisotopic (exact) mass is 276 g/mol. The summed E-state index contributed by atoms with van der Waals surface area (Å²) in [7, 11) is -1.08. The van der Waals surface area contributed by atoms with Gasteiger partial charge in [0.05, 0.1) is 14.5 Å². The fourth-order valence-electron chi connectivity index (χ4n) is 2.65. The Morgan fingerprint density at radius 3 is 2.63 bits per heavy atom. The lowest BCUT2D eigenvalue weighted by molar-refractivity contribution is -0.136. The zero-order valence-electron chi connectivity index (χ0n) is 11.5. The first kappa shape index (κ1) is 14.0. The summed E-state index contributed by atoms with van der Waals surface area (Å²) in [5.74, 6) is -0.980. The van der Waals surface area contributed by atoms with Crippen LogP contribution < -0.4 is 0 Å². The van der Waals surface area contributed by atoms with Gasteiger partial charge < -0.3 is 5.11 Å². The molecule has 0 unspecified atom stereocenters. The summed E-state index contributed by atoms with van der Waals surface area (Å²) in [5.41, 5.74) is 3.34. The molecule has 0 bridgehead atoms. The van der Waals surface area contributed by atoms with Crippen molar-refractivity contribution in [1.82, 2.24) is 0 Å². The molecule has 102 valence electrons. The molecular weight excluding hydrogens is 256 g/mol. The number of carbonyl (C=O) groups excluding carboxylic acids is 1. The van der Waals surface area contributed by atoms with Gasteiger partial charge in [0.1, 0.15) is 0 Å². The Balaban J connectivity index is 2.14. The molecule has 0 aliphatic carbocycles. The van der Waals surface area contributed by atoms with Crippen LogP contribution in [0.4, 0.5) is 0 Å². The first-order chi connectivity index (χ1) is 8.87. The maximum absolute atomic E-state index is 11.9. The van der Waals surface area contributed by atoms with E-state index in [4.69, 9.17) is 5.11 Å². The summed E-state index contributed by atoms with van der Waals surface area (Å²) in [6, 6.07) is 8.36. The number of carboxylic acid groups (broad SMARTS) is 1. The molecule has 0 amide bonds. The van der Waals surface area contributed by atoms with Crippen LogP contribution in [0.3, 0.4) is 0 Å². The van der Waals surface area contributed by atoms with E-state index < -0.39 is 14.0 Å². The van der Waals surface area contributed by atoms with Crippen molar-refractivity contribution in [2.75, 3.05) is 0 Å². The van der Waals surface area contributed by atoms with Crippen LogP contribution in [0.15, 0.2) is 18.2 Å². The van der Waals surface area contributed by atoms with Crippen LogP contribution in [-0.2, 0) is 17.3 Å². The van der Waals surface area contributed by atoms with Crippen LogP contribution in [0.2, 0.25) is 19.1 Å². The van der Waals surface area contributed by atoms with E-state index in [1.807, 2.05) is 12.1 Å². The Kier molecular flexibility index (Phi) is 3.90. The zero-order valence-corrected chi connectivity index (χ0v) is 12.5. The average Bonchev–Trinajstić information content (AvgIpc) is 2.34. The van der Waals surface area contributed by atoms with Gasteiger partial charge in [0.25, 0.3) is 0 Å². The van der Waals surface area contributed by atoms with Gasteiger partial charge in [-0.1, -0.05) is 31.3 Å². The molecule has 4 heteroatoms. The highest BCUT2D eigenvalue weighted by atomic mass is 28.3. The summed E-state index contributed by atoms with van der Waals surface area (Å²) >= 11 is 0. The van der Waals surface area contributed by atoms with E-state index in [1.54, 1.807) is 0 Å². The number of Topliss-reactive ketones (excluding diaryl/α,β-unsaturated/α-hetero) is 1. The van der Waals surface area contributed by atoms with Crippen molar-refractivity contribution in [1.29, 1.82) is 0 Å². The SMILES string of the molecule is C[Si]1(C)CCc2cc(C(=O)CCC(=O)O)ccc2C1. The van der Waals surface area contributed by atoms with Crippen molar-refractivity contribution in [2.45, 2.75) is 44.4 Å². The number of fused-ring (bicyclic) bond motifs is 1. The first-order valence-electron chi connectivity index (χ1n) is 6.74. The fraction of sp³-hybridized carbons (Fsp3) is 0.467. The van der Waals surface area contributed by atoms with Crippen molar-refractivity contribution < 1.29 is 14.7 Å². The Labute approximate surface area is 114 Å². The van der Waals surface area contributed by atoms with Gasteiger partial charge in [-0.3, -0.25) is 9.59 Å². The Morgan fingerprint density at radius 2 is 1.95 bits per heavy atom. The van der Waals surface area contributed by atoms with Gasteiger partial charge in [-0.05, 0) is 29.7 Å². The molecule has 1 heterocycles. The Bertz CT molecular complexity index is 520. The molecular formula is C15H20O3Si. The highest BCUT2D eigenvalue weighted by molar-refractivity contribution is 6.77. The molecule has 0 fully saturated rings. The van der Waals surface area contributed by atoms with Crippen LogP contribution in [0.25, 0.3) is 0 Å². The number of carboxylic acids is 1. The second-order valence-corrected chi connectivity index (χ2v) is 11.3. The molecule has 0 spiro atoms. The van der Waals surface area contributed by atoms with Gasteiger partial charge in [-0.15, -0.1) is 0 Å². The largest absolute Gasteiger partial charge is 0.481 e. The summed E-state index contributed by atoms with van der Waals surface area (Å²) in [5, 5.41) is 8.61. The molecule has 19 heavy (non-hydrogen) atoms. The standard InChI is InChI=1S/C15H20O3Si/c1-19(2)8-7-11-9-12(3-4-13(11)10-19)14(16)5-6-15(17)18/h3-4,9H,5-8,10H2,1-2H3,(H,17,18). The second kappa shape index (κ2) is 5.29. The molecule has 1 N–H and O–H groups in total. The van der Waals surface area contributed by atoms with Crippen LogP contribution in [-0.4, -0.2) is 24.9 Å². The molecule has 1 aliphatic heterocycles. The zero-order chi connectivity index (χ0) is 14.0. The van der Waals surface area contributed by atoms with E-state index in [1.165, 1.54) is 23.2 Å². The number of aliphatic carboxylic acids is 1. The van der Waals surface area contributed by atoms with Crippen LogP contribution in [0.5, 0.6) is 0 Å². The van der Waals surface area contributed by atoms with Gasteiger partial charge in [0, 0.05) is 12.0 Å². The first-order valence-corrected chi connectivity index (χ1v) is 10.2. The number of rotatable bonds is 4. The van der Waals surface area contributed by atoms with Gasteiger partial charge >= 0.3 is 5.97 Å². The minimum Gasteiger partial charge on any atom is -0.481 e. The fourth-order valence-corrected chi connectivity index (χ4v) is 5.15. The second-order valence-electron chi connectivity index (χ2n) is 6.14. The van der Waals surface area contributed by atoms with Crippen LogP contribution >= 0.6 is 0 Å². The summed E-state index contributed by atoms with van der Waals surface area (Å²) in [4.78, 5) is 22.4. The molecule has 0 saturated heterocycles. The van der Waals surface area contributed by atoms with Crippen molar-refractivity contribution >= 4 is 19.8 Å². The molecule has 0 aromatic heterocycles. The number of aryl methyl sites for hydroxylation is 1. The van der Waals surface area contributed by atoms with Crippen LogP contribution in [0.1, 0.15) is 34.3 Å². The minimum absolute atomic E-state index is 0.0627. The van der Waals surface area contributed by atoms with E-state index in [2.05, 4.69) is 19.2 Å². The normalized spacial score (nSPS) is 16.7. The Hall–Kier alpha value is -1.42. The highest BCUT2D eigenvalue weighted by Gasteiger charge is 2.27. The predicted molar refractivity (Wildman–Crippen MR) is 77.3 cm³/mol. The average molecular weight is 276 g/mol. The lowest BCUT2D eigenvalue weighted by Crippen LogP contribution is -2.33. The molecule has 1 aromatic carbocycles. The third-order valence-corrected chi connectivity index (χ3v) is 6.78. The molecule has 0 saturated carbocycles. The molecule has 0 radical (unpaired) electrons. The molecule has 0 atom stereocenters. The van der Waals surface area contributed by atoms with Gasteiger partial charge in [0.15, 0.2) is 5.78 Å². The lowest BCUT2D eigenvalue weighted by atomic mass is 9.98. The molecule has 3 nitrogen and oxygen atoms in total. The van der Waals surface area contributed by atoms with E-state index in [-0.39, 0.29) is 18.6 Å². The number of hydrogen-bond donors (Lipinski definition) is 1. The van der Waals surface area contributed by atoms with Gasteiger partial charge in [-0.2, -0.15) is 0 Å².